The molecule has 1 aromatic rings. The molecule has 1 amide bonds. The molecular formula is C21H29F3N2O4S. The molecule has 2 aliphatic rings. The van der Waals surface area contributed by atoms with E-state index < -0.39 is 30.6 Å². The van der Waals surface area contributed by atoms with Crippen LogP contribution < -0.4 is 0 Å². The van der Waals surface area contributed by atoms with Gasteiger partial charge in [-0.1, -0.05) is 26.0 Å². The van der Waals surface area contributed by atoms with Gasteiger partial charge < -0.3 is 19.5 Å². The number of nitrogens with zero attached hydrogens (tertiary/aromatic N) is 2. The van der Waals surface area contributed by atoms with Crippen molar-refractivity contribution in [3.63, 3.8) is 0 Å². The van der Waals surface area contributed by atoms with Crippen LogP contribution >= 0.6 is 11.9 Å². The minimum absolute atomic E-state index is 0.246. The number of halogens is 3. The summed E-state index contributed by atoms with van der Waals surface area (Å²) in [6.07, 6.45) is -7.32. The van der Waals surface area contributed by atoms with Crippen LogP contribution in [0.15, 0.2) is 29.2 Å². The number of aliphatic hydroxyl groups excluding tert-OH is 1. The number of carbonyl (C=O) groups excluding carboxylic acids is 1. The number of piperidine rings is 1. The van der Waals surface area contributed by atoms with Gasteiger partial charge >= 0.3 is 12.3 Å². The Kier molecular flexibility index (Phi) is 7.77. The summed E-state index contributed by atoms with van der Waals surface area (Å²) in [5, 5.41) is 8.86. The van der Waals surface area contributed by atoms with Crippen LogP contribution in [0.1, 0.15) is 38.2 Å². The Labute approximate surface area is 184 Å². The molecule has 31 heavy (non-hydrogen) atoms. The van der Waals surface area contributed by atoms with Gasteiger partial charge in [-0.15, -0.1) is 0 Å². The van der Waals surface area contributed by atoms with Crippen LogP contribution in [0.2, 0.25) is 0 Å². The van der Waals surface area contributed by atoms with Gasteiger partial charge in [-0.2, -0.15) is 13.2 Å². The number of amides is 1. The predicted octanol–water partition coefficient (Wildman–Crippen LogP) is 4.04. The smallest absolute Gasteiger partial charge is 0.427 e. The lowest BCUT2D eigenvalue weighted by Gasteiger charge is -2.46. The standard InChI is InChI=1S/C21H29F3N2O4S/c1-15(2)16-4-3-5-17(12-16)31-26-10-11-29-20(14-26)6-8-25(9-7-20)19(28)30-18(13-27)21(22,23)24/h3-5,12,15,18,27H,6-11,13-14H2,1-2H3. The highest BCUT2D eigenvalue weighted by molar-refractivity contribution is 7.97. The molecule has 2 fully saturated rings. The molecule has 0 bridgehead atoms. The maximum absolute atomic E-state index is 12.7. The van der Waals surface area contributed by atoms with E-state index in [4.69, 9.17) is 9.84 Å². The molecule has 3 rings (SSSR count). The lowest BCUT2D eigenvalue weighted by molar-refractivity contribution is -0.215. The fourth-order valence-electron chi connectivity index (χ4n) is 3.77. The van der Waals surface area contributed by atoms with E-state index in [0.29, 0.717) is 31.9 Å². The van der Waals surface area contributed by atoms with Crippen molar-refractivity contribution >= 4 is 18.0 Å². The fraction of sp³-hybridized carbons (Fsp3) is 0.667. The number of benzene rings is 1. The summed E-state index contributed by atoms with van der Waals surface area (Å²) in [6.45, 7) is 5.52. The predicted molar refractivity (Wildman–Crippen MR) is 111 cm³/mol. The highest BCUT2D eigenvalue weighted by Gasteiger charge is 2.45. The van der Waals surface area contributed by atoms with Crippen LogP contribution in [-0.2, 0) is 9.47 Å². The number of morpholine rings is 1. The molecule has 0 radical (unpaired) electrons. The highest BCUT2D eigenvalue weighted by atomic mass is 32.2. The molecule has 0 aliphatic carbocycles. The first-order valence-corrected chi connectivity index (χ1v) is 11.2. The molecule has 1 atom stereocenters. The van der Waals surface area contributed by atoms with Crippen molar-refractivity contribution in [2.24, 2.45) is 0 Å². The van der Waals surface area contributed by atoms with Crippen LogP contribution in [0, 0.1) is 0 Å². The van der Waals surface area contributed by atoms with Gasteiger partial charge in [0.05, 0.1) is 18.8 Å². The lowest BCUT2D eigenvalue weighted by atomic mass is 9.90. The van der Waals surface area contributed by atoms with Gasteiger partial charge in [0.1, 0.15) is 0 Å². The van der Waals surface area contributed by atoms with Crippen LogP contribution in [-0.4, -0.2) is 77.7 Å². The number of likely N-dealkylation sites (tertiary alicyclic amines) is 1. The second-order valence-electron chi connectivity index (χ2n) is 8.30. The molecular weight excluding hydrogens is 433 g/mol. The average molecular weight is 463 g/mol. The Hall–Kier alpha value is -1.49. The summed E-state index contributed by atoms with van der Waals surface area (Å²) in [6, 6.07) is 8.44. The first-order valence-electron chi connectivity index (χ1n) is 10.4. The largest absolute Gasteiger partial charge is 0.434 e. The SMILES string of the molecule is CC(C)c1cccc(SN2CCOC3(CCN(C(=O)OC(CO)C(F)(F)F)CC3)C2)c1. The Morgan fingerprint density at radius 1 is 1.29 bits per heavy atom. The molecule has 1 spiro atoms. The maximum Gasteiger partial charge on any atom is 0.427 e. The number of hydrogen-bond donors (Lipinski definition) is 1. The topological polar surface area (TPSA) is 62.2 Å². The first-order chi connectivity index (χ1) is 14.6. The molecule has 6 nitrogen and oxygen atoms in total. The highest BCUT2D eigenvalue weighted by Crippen LogP contribution is 2.35. The molecule has 1 aromatic carbocycles. The summed E-state index contributed by atoms with van der Waals surface area (Å²) in [4.78, 5) is 14.5. The maximum atomic E-state index is 12.7. The zero-order chi connectivity index (χ0) is 22.6. The van der Waals surface area contributed by atoms with Gasteiger partial charge in [-0.25, -0.2) is 9.10 Å². The van der Waals surface area contributed by atoms with E-state index >= 15 is 0 Å². The summed E-state index contributed by atoms with van der Waals surface area (Å²) in [5.74, 6) is 0.448. The summed E-state index contributed by atoms with van der Waals surface area (Å²) in [7, 11) is 0. The van der Waals surface area contributed by atoms with E-state index in [9.17, 15) is 18.0 Å². The van der Waals surface area contributed by atoms with Crippen molar-refractivity contribution in [3.8, 4) is 0 Å². The van der Waals surface area contributed by atoms with E-state index in [1.165, 1.54) is 10.5 Å². The lowest BCUT2D eigenvalue weighted by Crippen LogP contribution is -2.56. The van der Waals surface area contributed by atoms with Crippen molar-refractivity contribution in [3.05, 3.63) is 29.8 Å². The molecule has 1 N–H and O–H groups in total. The summed E-state index contributed by atoms with van der Waals surface area (Å²) >= 11 is 1.68. The van der Waals surface area contributed by atoms with Crippen molar-refractivity contribution in [2.75, 3.05) is 39.4 Å². The molecule has 10 heteroatoms. The number of rotatable bonds is 5. The van der Waals surface area contributed by atoms with Crippen molar-refractivity contribution in [2.45, 2.75) is 55.4 Å². The quantitative estimate of drug-likeness (QED) is 0.667. The molecule has 2 saturated heterocycles. The molecule has 2 aliphatic heterocycles. The number of hydrogen-bond acceptors (Lipinski definition) is 6. The number of aliphatic hydroxyl groups is 1. The number of carbonyl (C=O) groups is 1. The van der Waals surface area contributed by atoms with E-state index in [-0.39, 0.29) is 13.1 Å². The Morgan fingerprint density at radius 3 is 2.61 bits per heavy atom. The molecule has 0 aromatic heterocycles. The minimum Gasteiger partial charge on any atom is -0.434 e. The zero-order valence-corrected chi connectivity index (χ0v) is 18.5. The molecule has 174 valence electrons. The van der Waals surface area contributed by atoms with Gasteiger partial charge in [0, 0.05) is 31.1 Å². The minimum atomic E-state index is -4.79. The normalized spacial score (nSPS) is 20.8. The molecule has 0 saturated carbocycles. The van der Waals surface area contributed by atoms with Gasteiger partial charge in [0.25, 0.3) is 0 Å². The third kappa shape index (κ3) is 6.27. The van der Waals surface area contributed by atoms with E-state index in [1.54, 1.807) is 11.9 Å². The Morgan fingerprint density at radius 2 is 2.00 bits per heavy atom. The summed E-state index contributed by atoms with van der Waals surface area (Å²) < 4.78 is 51.0. The zero-order valence-electron chi connectivity index (χ0n) is 17.7. The third-order valence-corrected chi connectivity index (χ3v) is 6.71. The van der Waals surface area contributed by atoms with Gasteiger partial charge in [-0.05, 0) is 48.4 Å². The van der Waals surface area contributed by atoms with Crippen LogP contribution in [0.5, 0.6) is 0 Å². The molecule has 1 unspecified atom stereocenters. The Bertz CT molecular complexity index is 754. The van der Waals surface area contributed by atoms with Crippen molar-refractivity contribution in [1.82, 2.24) is 9.21 Å². The van der Waals surface area contributed by atoms with E-state index in [0.717, 1.165) is 11.4 Å². The van der Waals surface area contributed by atoms with Crippen LogP contribution in [0.4, 0.5) is 18.0 Å². The van der Waals surface area contributed by atoms with Crippen molar-refractivity contribution < 1.29 is 32.5 Å². The van der Waals surface area contributed by atoms with Crippen LogP contribution in [0.3, 0.4) is 0 Å². The second-order valence-corrected chi connectivity index (χ2v) is 9.47. The fourth-order valence-corrected chi connectivity index (χ4v) is 4.86. The molecule has 2 heterocycles. The third-order valence-electron chi connectivity index (χ3n) is 5.68. The number of alkyl halides is 3. The van der Waals surface area contributed by atoms with Gasteiger partial charge in [0.15, 0.2) is 0 Å². The first kappa shape index (κ1) is 24.2. The number of ether oxygens (including phenoxy) is 2. The average Bonchev–Trinajstić information content (AvgIpc) is 2.72. The Balaban J connectivity index is 1.55. The van der Waals surface area contributed by atoms with Gasteiger partial charge in [-0.3, -0.25) is 0 Å². The van der Waals surface area contributed by atoms with E-state index in [1.807, 2.05) is 0 Å². The van der Waals surface area contributed by atoms with E-state index in [2.05, 4.69) is 47.2 Å². The monoisotopic (exact) mass is 462 g/mol. The second kappa shape index (κ2) is 9.97. The van der Waals surface area contributed by atoms with Crippen molar-refractivity contribution in [1.29, 1.82) is 0 Å². The van der Waals surface area contributed by atoms with Gasteiger partial charge in [0.2, 0.25) is 6.10 Å². The summed E-state index contributed by atoms with van der Waals surface area (Å²) in [5.41, 5.74) is 0.845. The van der Waals surface area contributed by atoms with Crippen LogP contribution in [0.25, 0.3) is 0 Å².